The SMILES string of the molecule is CCOCC(O)CNCCCC[C@H]1[C@@H](C/C=C\CCCC(=O)O)[C@H]2CC[C@@H]1O2. The van der Waals surface area contributed by atoms with Crippen LogP contribution in [0.5, 0.6) is 0 Å². The highest BCUT2D eigenvalue weighted by Gasteiger charge is 2.47. The first kappa shape index (κ1) is 23.3. The number of nitrogens with one attached hydrogen (secondary N) is 1. The molecule has 3 N–H and O–H groups in total. The van der Waals surface area contributed by atoms with E-state index in [9.17, 15) is 9.90 Å². The Kier molecular flexibility index (Phi) is 11.1. The molecule has 0 saturated carbocycles. The van der Waals surface area contributed by atoms with Crippen molar-refractivity contribution >= 4 is 5.97 Å². The molecule has 2 rings (SSSR count). The van der Waals surface area contributed by atoms with Gasteiger partial charge >= 0.3 is 5.97 Å². The van der Waals surface area contributed by atoms with Crippen LogP contribution in [-0.4, -0.2) is 60.8 Å². The Bertz CT molecular complexity index is 470. The van der Waals surface area contributed by atoms with E-state index in [-0.39, 0.29) is 6.42 Å². The number of allylic oxidation sites excluding steroid dienone is 2. The van der Waals surface area contributed by atoms with Gasteiger partial charge in [-0.2, -0.15) is 0 Å². The average molecular weight is 398 g/mol. The van der Waals surface area contributed by atoms with E-state index in [1.54, 1.807) is 0 Å². The van der Waals surface area contributed by atoms with Gasteiger partial charge in [-0.25, -0.2) is 0 Å². The maximum absolute atomic E-state index is 10.5. The molecular weight excluding hydrogens is 358 g/mol. The number of carbonyl (C=O) groups is 1. The van der Waals surface area contributed by atoms with Crippen LogP contribution in [0.4, 0.5) is 0 Å². The molecule has 5 atom stereocenters. The fraction of sp³-hybridized carbons (Fsp3) is 0.864. The predicted octanol–water partition coefficient (Wildman–Crippen LogP) is 3.14. The molecule has 2 bridgehead atoms. The topological polar surface area (TPSA) is 88.0 Å². The lowest BCUT2D eigenvalue weighted by molar-refractivity contribution is -0.137. The maximum atomic E-state index is 10.5. The summed E-state index contributed by atoms with van der Waals surface area (Å²) in [7, 11) is 0. The zero-order valence-electron chi connectivity index (χ0n) is 17.4. The third kappa shape index (κ3) is 8.19. The van der Waals surface area contributed by atoms with Gasteiger partial charge < -0.3 is 25.0 Å². The van der Waals surface area contributed by atoms with Gasteiger partial charge in [0.2, 0.25) is 0 Å². The second kappa shape index (κ2) is 13.3. The molecule has 2 heterocycles. The Balaban J connectivity index is 1.59. The van der Waals surface area contributed by atoms with Gasteiger partial charge in [-0.1, -0.05) is 18.6 Å². The van der Waals surface area contributed by atoms with Gasteiger partial charge in [0.25, 0.3) is 0 Å². The van der Waals surface area contributed by atoms with Gasteiger partial charge in [-0.3, -0.25) is 4.79 Å². The minimum atomic E-state index is -0.715. The number of rotatable bonds is 16. The minimum Gasteiger partial charge on any atom is -0.481 e. The van der Waals surface area contributed by atoms with Crippen molar-refractivity contribution in [2.45, 2.75) is 83.0 Å². The van der Waals surface area contributed by atoms with Crippen molar-refractivity contribution in [3.63, 3.8) is 0 Å². The Morgan fingerprint density at radius 1 is 1.21 bits per heavy atom. The molecule has 0 aromatic carbocycles. The molecule has 2 fully saturated rings. The molecule has 0 aromatic rings. The van der Waals surface area contributed by atoms with E-state index in [1.807, 2.05) is 6.92 Å². The summed E-state index contributed by atoms with van der Waals surface area (Å²) in [6, 6.07) is 0. The van der Waals surface area contributed by atoms with Crippen LogP contribution in [0.3, 0.4) is 0 Å². The maximum Gasteiger partial charge on any atom is 0.303 e. The van der Waals surface area contributed by atoms with Crippen LogP contribution < -0.4 is 5.32 Å². The average Bonchev–Trinajstić information content (AvgIpc) is 3.27. The molecule has 2 saturated heterocycles. The van der Waals surface area contributed by atoms with Gasteiger partial charge in [0, 0.05) is 19.6 Å². The van der Waals surface area contributed by atoms with Crippen LogP contribution in [-0.2, 0) is 14.3 Å². The smallest absolute Gasteiger partial charge is 0.303 e. The van der Waals surface area contributed by atoms with Crippen LogP contribution in [0.15, 0.2) is 12.2 Å². The number of carboxylic acids is 1. The minimum absolute atomic E-state index is 0.251. The van der Waals surface area contributed by atoms with Crippen LogP contribution in [0.1, 0.15) is 64.7 Å². The van der Waals surface area contributed by atoms with Gasteiger partial charge in [-0.05, 0) is 70.3 Å². The number of aliphatic hydroxyl groups is 1. The first-order valence-electron chi connectivity index (χ1n) is 11.1. The second-order valence-electron chi connectivity index (χ2n) is 8.12. The van der Waals surface area contributed by atoms with E-state index in [1.165, 1.54) is 25.7 Å². The normalized spacial score (nSPS) is 27.6. The van der Waals surface area contributed by atoms with Crippen molar-refractivity contribution in [3.8, 4) is 0 Å². The summed E-state index contributed by atoms with van der Waals surface area (Å²) >= 11 is 0. The lowest BCUT2D eigenvalue weighted by Gasteiger charge is -2.27. The molecule has 0 radical (unpaired) electrons. The van der Waals surface area contributed by atoms with Crippen molar-refractivity contribution in [1.82, 2.24) is 5.32 Å². The lowest BCUT2D eigenvalue weighted by atomic mass is 9.75. The summed E-state index contributed by atoms with van der Waals surface area (Å²) in [6.45, 7) is 4.49. The number of carboxylic acid groups (broad SMARTS) is 1. The van der Waals surface area contributed by atoms with E-state index in [4.69, 9.17) is 14.6 Å². The van der Waals surface area contributed by atoms with Crippen molar-refractivity contribution in [2.24, 2.45) is 11.8 Å². The molecule has 6 nitrogen and oxygen atoms in total. The monoisotopic (exact) mass is 397 g/mol. The summed E-state index contributed by atoms with van der Waals surface area (Å²) in [5, 5.41) is 21.7. The third-order valence-corrected chi connectivity index (χ3v) is 5.96. The number of hydrogen-bond acceptors (Lipinski definition) is 5. The van der Waals surface area contributed by atoms with Crippen LogP contribution >= 0.6 is 0 Å². The van der Waals surface area contributed by atoms with Crippen LogP contribution in [0, 0.1) is 11.8 Å². The molecule has 0 aliphatic carbocycles. The Morgan fingerprint density at radius 3 is 2.75 bits per heavy atom. The number of hydrogen-bond donors (Lipinski definition) is 3. The summed E-state index contributed by atoms with van der Waals surface area (Å²) < 4.78 is 11.4. The largest absolute Gasteiger partial charge is 0.481 e. The Labute approximate surface area is 169 Å². The molecule has 6 heteroatoms. The standard InChI is InChI=1S/C22H39NO5/c1-2-27-16-17(24)15-23-14-8-7-10-19-18(20-12-13-21(19)28-20)9-5-3-4-6-11-22(25)26/h3,5,17-21,23-24H,2,4,6-16H2,1H3,(H,25,26)/b5-3-/t17?,18-,19+,20-,21+/m1/s1. The molecule has 0 spiro atoms. The Morgan fingerprint density at radius 2 is 2.00 bits per heavy atom. The van der Waals surface area contributed by atoms with E-state index in [0.29, 0.717) is 43.8 Å². The van der Waals surface area contributed by atoms with E-state index in [2.05, 4.69) is 17.5 Å². The number of ether oxygens (including phenoxy) is 2. The van der Waals surface area contributed by atoms with Crippen molar-refractivity contribution in [3.05, 3.63) is 12.2 Å². The molecule has 0 aromatic heterocycles. The number of aliphatic carboxylic acids is 1. The fourth-order valence-electron chi connectivity index (χ4n) is 4.55. The quantitative estimate of drug-likeness (QED) is 0.274. The van der Waals surface area contributed by atoms with Gasteiger partial charge in [0.05, 0.1) is 24.9 Å². The molecule has 28 heavy (non-hydrogen) atoms. The van der Waals surface area contributed by atoms with E-state index in [0.717, 1.165) is 32.2 Å². The molecule has 162 valence electrons. The number of unbranched alkanes of at least 4 members (excludes halogenated alkanes) is 2. The van der Waals surface area contributed by atoms with Crippen molar-refractivity contribution in [2.75, 3.05) is 26.3 Å². The summed E-state index contributed by atoms with van der Waals surface area (Å²) in [4.78, 5) is 10.5. The molecular formula is C22H39NO5. The first-order valence-corrected chi connectivity index (χ1v) is 11.1. The number of fused-ring (bicyclic) bond motifs is 2. The second-order valence-corrected chi connectivity index (χ2v) is 8.12. The van der Waals surface area contributed by atoms with Crippen LogP contribution in [0.25, 0.3) is 0 Å². The highest BCUT2D eigenvalue weighted by Crippen LogP contribution is 2.47. The zero-order valence-corrected chi connectivity index (χ0v) is 17.4. The molecule has 2 aliphatic heterocycles. The Hall–Kier alpha value is -0.950. The summed E-state index contributed by atoms with van der Waals surface area (Å²) in [5.41, 5.74) is 0. The van der Waals surface area contributed by atoms with Gasteiger partial charge in [0.1, 0.15) is 0 Å². The zero-order chi connectivity index (χ0) is 20.2. The molecule has 2 aliphatic rings. The highest BCUT2D eigenvalue weighted by atomic mass is 16.5. The third-order valence-electron chi connectivity index (χ3n) is 5.96. The van der Waals surface area contributed by atoms with Gasteiger partial charge in [0.15, 0.2) is 0 Å². The van der Waals surface area contributed by atoms with Crippen LogP contribution in [0.2, 0.25) is 0 Å². The highest BCUT2D eigenvalue weighted by molar-refractivity contribution is 5.66. The lowest BCUT2D eigenvalue weighted by Crippen LogP contribution is -2.31. The molecule has 0 amide bonds. The molecule has 1 unspecified atom stereocenters. The predicted molar refractivity (Wildman–Crippen MR) is 109 cm³/mol. The van der Waals surface area contributed by atoms with Gasteiger partial charge in [-0.15, -0.1) is 0 Å². The van der Waals surface area contributed by atoms with E-state index < -0.39 is 12.1 Å². The van der Waals surface area contributed by atoms with E-state index >= 15 is 0 Å². The fourth-order valence-corrected chi connectivity index (χ4v) is 4.55. The first-order chi connectivity index (χ1) is 13.6. The summed E-state index contributed by atoms with van der Waals surface area (Å²) in [6.07, 6.45) is 13.6. The van der Waals surface area contributed by atoms with Crippen molar-refractivity contribution < 1.29 is 24.5 Å². The number of aliphatic hydroxyl groups excluding tert-OH is 1. The van der Waals surface area contributed by atoms with Crippen molar-refractivity contribution in [1.29, 1.82) is 0 Å². The summed E-state index contributed by atoms with van der Waals surface area (Å²) in [5.74, 6) is 0.565.